The van der Waals surface area contributed by atoms with E-state index < -0.39 is 0 Å². The SMILES string of the molecule is COc1cc(CNCCN2CCCCCC2=O)ccc1OCc1cccs1. The lowest BCUT2D eigenvalue weighted by atomic mass is 10.2. The van der Waals surface area contributed by atoms with Gasteiger partial charge in [-0.2, -0.15) is 0 Å². The molecule has 1 N–H and O–H groups in total. The van der Waals surface area contributed by atoms with Crippen molar-refractivity contribution >= 4 is 17.2 Å². The van der Waals surface area contributed by atoms with Crippen LogP contribution in [0, 0.1) is 0 Å². The topological polar surface area (TPSA) is 50.8 Å². The van der Waals surface area contributed by atoms with Crippen molar-refractivity contribution < 1.29 is 14.3 Å². The van der Waals surface area contributed by atoms with Gasteiger partial charge >= 0.3 is 0 Å². The van der Waals surface area contributed by atoms with Gasteiger partial charge < -0.3 is 19.7 Å². The Morgan fingerprint density at radius 1 is 1.19 bits per heavy atom. The number of nitrogens with one attached hydrogen (secondary N) is 1. The van der Waals surface area contributed by atoms with E-state index in [1.54, 1.807) is 18.4 Å². The lowest BCUT2D eigenvalue weighted by Gasteiger charge is -2.20. The molecule has 1 aliphatic rings. The highest BCUT2D eigenvalue weighted by Crippen LogP contribution is 2.29. The molecular weight excluding hydrogens is 360 g/mol. The van der Waals surface area contributed by atoms with Gasteiger partial charge in [-0.3, -0.25) is 4.79 Å². The lowest BCUT2D eigenvalue weighted by Crippen LogP contribution is -2.36. The highest BCUT2D eigenvalue weighted by Gasteiger charge is 2.15. The first kappa shape index (κ1) is 19.7. The first-order valence-corrected chi connectivity index (χ1v) is 10.4. The van der Waals surface area contributed by atoms with Crippen molar-refractivity contribution in [1.82, 2.24) is 10.2 Å². The number of likely N-dealkylation sites (tertiary alicyclic amines) is 1. The van der Waals surface area contributed by atoms with E-state index in [0.717, 1.165) is 62.5 Å². The van der Waals surface area contributed by atoms with Crippen LogP contribution in [-0.2, 0) is 17.9 Å². The Balaban J connectivity index is 1.46. The normalized spacial score (nSPS) is 14.9. The van der Waals surface area contributed by atoms with Crippen LogP contribution in [0.15, 0.2) is 35.7 Å². The molecule has 0 spiro atoms. The largest absolute Gasteiger partial charge is 0.493 e. The smallest absolute Gasteiger partial charge is 0.222 e. The van der Waals surface area contributed by atoms with Gasteiger partial charge in [0.15, 0.2) is 11.5 Å². The molecule has 1 fully saturated rings. The Morgan fingerprint density at radius 3 is 2.93 bits per heavy atom. The Morgan fingerprint density at radius 2 is 2.11 bits per heavy atom. The van der Waals surface area contributed by atoms with Crippen molar-refractivity contribution in [2.75, 3.05) is 26.7 Å². The van der Waals surface area contributed by atoms with Gasteiger partial charge in [0.1, 0.15) is 6.61 Å². The molecule has 0 radical (unpaired) electrons. The monoisotopic (exact) mass is 388 g/mol. The molecule has 1 aromatic carbocycles. The van der Waals surface area contributed by atoms with E-state index >= 15 is 0 Å². The van der Waals surface area contributed by atoms with E-state index in [1.807, 2.05) is 28.5 Å². The second kappa shape index (κ2) is 10.3. The molecule has 2 aromatic rings. The summed E-state index contributed by atoms with van der Waals surface area (Å²) in [5.41, 5.74) is 1.14. The van der Waals surface area contributed by atoms with Gasteiger partial charge in [-0.05, 0) is 42.0 Å². The molecule has 2 heterocycles. The molecule has 5 nitrogen and oxygen atoms in total. The second-order valence-corrected chi connectivity index (χ2v) is 7.75. The van der Waals surface area contributed by atoms with Crippen LogP contribution in [0.1, 0.15) is 36.1 Å². The molecule has 0 saturated carbocycles. The van der Waals surface area contributed by atoms with Crippen LogP contribution in [0.2, 0.25) is 0 Å². The summed E-state index contributed by atoms with van der Waals surface area (Å²) in [7, 11) is 1.66. The van der Waals surface area contributed by atoms with Crippen molar-refractivity contribution in [2.45, 2.75) is 38.8 Å². The molecule has 0 atom stereocenters. The lowest BCUT2D eigenvalue weighted by molar-refractivity contribution is -0.130. The van der Waals surface area contributed by atoms with Gasteiger partial charge in [0, 0.05) is 37.5 Å². The summed E-state index contributed by atoms with van der Waals surface area (Å²) in [6.07, 6.45) is 4.01. The van der Waals surface area contributed by atoms with Gasteiger partial charge in [-0.1, -0.05) is 18.6 Å². The van der Waals surface area contributed by atoms with E-state index in [-0.39, 0.29) is 0 Å². The minimum Gasteiger partial charge on any atom is -0.493 e. The van der Waals surface area contributed by atoms with Crippen LogP contribution in [0.25, 0.3) is 0 Å². The van der Waals surface area contributed by atoms with Gasteiger partial charge in [-0.15, -0.1) is 11.3 Å². The zero-order chi connectivity index (χ0) is 18.9. The number of ether oxygens (including phenoxy) is 2. The molecule has 6 heteroatoms. The molecule has 146 valence electrons. The number of amides is 1. The van der Waals surface area contributed by atoms with Crippen LogP contribution in [-0.4, -0.2) is 37.6 Å². The van der Waals surface area contributed by atoms with Crippen molar-refractivity contribution in [2.24, 2.45) is 0 Å². The minimum atomic E-state index is 0.295. The fourth-order valence-electron chi connectivity index (χ4n) is 3.21. The summed E-state index contributed by atoms with van der Waals surface area (Å²) >= 11 is 1.68. The quantitative estimate of drug-likeness (QED) is 0.664. The van der Waals surface area contributed by atoms with Crippen molar-refractivity contribution in [3.05, 3.63) is 46.2 Å². The first-order chi connectivity index (χ1) is 13.3. The predicted molar refractivity (Wildman–Crippen MR) is 108 cm³/mol. The van der Waals surface area contributed by atoms with Gasteiger partial charge in [-0.25, -0.2) is 0 Å². The highest BCUT2D eigenvalue weighted by atomic mass is 32.1. The van der Waals surface area contributed by atoms with Crippen LogP contribution >= 0.6 is 11.3 Å². The van der Waals surface area contributed by atoms with Crippen LogP contribution in [0.5, 0.6) is 11.5 Å². The summed E-state index contributed by atoms with van der Waals surface area (Å²) in [5.74, 6) is 1.79. The van der Waals surface area contributed by atoms with Gasteiger partial charge in [0.05, 0.1) is 7.11 Å². The highest BCUT2D eigenvalue weighted by molar-refractivity contribution is 7.09. The summed E-state index contributed by atoms with van der Waals surface area (Å²) in [6, 6.07) is 10.1. The molecular formula is C21H28N2O3S. The van der Waals surface area contributed by atoms with Crippen LogP contribution < -0.4 is 14.8 Å². The Kier molecular flexibility index (Phi) is 7.54. The third-order valence-corrected chi connectivity index (χ3v) is 5.59. The summed E-state index contributed by atoms with van der Waals surface area (Å²) in [5, 5.41) is 5.47. The number of nitrogens with zero attached hydrogens (tertiary/aromatic N) is 1. The van der Waals surface area contributed by atoms with E-state index in [1.165, 1.54) is 4.88 Å². The number of carbonyl (C=O) groups is 1. The Hall–Kier alpha value is -2.05. The third kappa shape index (κ3) is 5.97. The maximum Gasteiger partial charge on any atom is 0.222 e. The zero-order valence-electron chi connectivity index (χ0n) is 15.9. The Labute approximate surface area is 165 Å². The number of hydrogen-bond acceptors (Lipinski definition) is 5. The Bertz CT molecular complexity index is 718. The molecule has 1 saturated heterocycles. The molecule has 1 aromatic heterocycles. The number of methoxy groups -OCH3 is 1. The molecule has 0 bridgehead atoms. The maximum atomic E-state index is 12.0. The number of hydrogen-bond donors (Lipinski definition) is 1. The molecule has 27 heavy (non-hydrogen) atoms. The number of carbonyl (C=O) groups excluding carboxylic acids is 1. The minimum absolute atomic E-state index is 0.295. The number of thiophene rings is 1. The summed E-state index contributed by atoms with van der Waals surface area (Å²) in [6.45, 7) is 3.76. The number of benzene rings is 1. The predicted octanol–water partition coefficient (Wildman–Crippen LogP) is 3.83. The fraction of sp³-hybridized carbons (Fsp3) is 0.476. The fourth-order valence-corrected chi connectivity index (χ4v) is 3.82. The van der Waals surface area contributed by atoms with Crippen molar-refractivity contribution in [3.63, 3.8) is 0 Å². The first-order valence-electron chi connectivity index (χ1n) is 9.57. The summed E-state index contributed by atoms with van der Waals surface area (Å²) < 4.78 is 11.4. The molecule has 0 unspecified atom stereocenters. The van der Waals surface area contributed by atoms with Crippen LogP contribution in [0.4, 0.5) is 0 Å². The van der Waals surface area contributed by atoms with Crippen molar-refractivity contribution in [1.29, 1.82) is 0 Å². The summed E-state index contributed by atoms with van der Waals surface area (Å²) in [4.78, 5) is 15.2. The number of rotatable bonds is 9. The van der Waals surface area contributed by atoms with E-state index in [4.69, 9.17) is 9.47 Å². The van der Waals surface area contributed by atoms with E-state index in [0.29, 0.717) is 18.9 Å². The maximum absolute atomic E-state index is 12.0. The zero-order valence-corrected chi connectivity index (χ0v) is 16.7. The molecule has 1 amide bonds. The van der Waals surface area contributed by atoms with E-state index in [2.05, 4.69) is 17.4 Å². The molecule has 3 rings (SSSR count). The third-order valence-electron chi connectivity index (χ3n) is 4.74. The molecule has 0 aliphatic carbocycles. The van der Waals surface area contributed by atoms with Gasteiger partial charge in [0.25, 0.3) is 0 Å². The standard InChI is InChI=1S/C21H28N2O3S/c1-25-20-14-17(8-9-19(20)26-16-18-6-5-13-27-18)15-22-10-12-23-11-4-2-3-7-21(23)24/h5-6,8-9,13-14,22H,2-4,7,10-12,15-16H2,1H3. The second-order valence-electron chi connectivity index (χ2n) is 6.72. The molecule has 1 aliphatic heterocycles. The average molecular weight is 389 g/mol. The van der Waals surface area contributed by atoms with Gasteiger partial charge in [0.2, 0.25) is 5.91 Å². The van der Waals surface area contributed by atoms with Crippen molar-refractivity contribution in [3.8, 4) is 11.5 Å². The average Bonchev–Trinajstić information content (AvgIpc) is 3.13. The van der Waals surface area contributed by atoms with Crippen LogP contribution in [0.3, 0.4) is 0 Å². The van der Waals surface area contributed by atoms with E-state index in [9.17, 15) is 4.79 Å².